The summed E-state index contributed by atoms with van der Waals surface area (Å²) < 4.78 is 44.5. The van der Waals surface area contributed by atoms with Crippen LogP contribution < -0.4 is 18.4 Å². The number of ether oxygens (including phenoxy) is 3. The highest BCUT2D eigenvalue weighted by Crippen LogP contribution is 2.40. The molecule has 0 saturated carbocycles. The second kappa shape index (κ2) is 8.47. The normalized spacial score (nSPS) is 14.6. The predicted octanol–water partition coefficient (Wildman–Crippen LogP) is 4.12. The number of benzene rings is 2. The van der Waals surface area contributed by atoms with Crippen LogP contribution in [0.1, 0.15) is 35.3 Å². The highest BCUT2D eigenvalue weighted by Gasteiger charge is 2.27. The van der Waals surface area contributed by atoms with Gasteiger partial charge in [0.2, 0.25) is 0 Å². The van der Waals surface area contributed by atoms with E-state index in [4.69, 9.17) is 18.4 Å². The van der Waals surface area contributed by atoms with Crippen LogP contribution in [0, 0.1) is 0 Å². The van der Waals surface area contributed by atoms with Crippen molar-refractivity contribution in [2.75, 3.05) is 20.5 Å². The van der Waals surface area contributed by atoms with E-state index in [2.05, 4.69) is 0 Å². The summed E-state index contributed by atoms with van der Waals surface area (Å²) >= 11 is 0. The summed E-state index contributed by atoms with van der Waals surface area (Å²) in [5.41, 5.74) is 1.10. The number of rotatable bonds is 7. The Kier molecular flexibility index (Phi) is 6.13. The van der Waals surface area contributed by atoms with Crippen LogP contribution >= 0.6 is 0 Å². The molecule has 1 heterocycles. The highest BCUT2D eigenvalue weighted by molar-refractivity contribution is 7.86. The van der Waals surface area contributed by atoms with Crippen LogP contribution in [0.3, 0.4) is 0 Å². The minimum atomic E-state index is -3.73. The van der Waals surface area contributed by atoms with Crippen LogP contribution in [0.2, 0.25) is 0 Å². The molecular weight excluding hydrogens is 420 g/mol. The molecule has 164 valence electrons. The fourth-order valence-corrected chi connectivity index (χ4v) is 3.55. The zero-order valence-corrected chi connectivity index (χ0v) is 18.8. The van der Waals surface area contributed by atoms with Gasteiger partial charge in [-0.05, 0) is 61.9 Å². The number of fused-ring (bicyclic) bond motifs is 1. The molecule has 1 aliphatic heterocycles. The summed E-state index contributed by atoms with van der Waals surface area (Å²) in [6.45, 7) is 3.80. The molecule has 0 spiro atoms. The van der Waals surface area contributed by atoms with Gasteiger partial charge in [-0.25, -0.2) is 0 Å². The van der Waals surface area contributed by atoms with Gasteiger partial charge in [-0.3, -0.25) is 4.79 Å². The second-order valence-corrected chi connectivity index (χ2v) is 9.07. The first kappa shape index (κ1) is 22.4. The number of carbonyl (C=O) groups excluding carboxylic acids is 1. The van der Waals surface area contributed by atoms with Gasteiger partial charge in [0.1, 0.15) is 17.1 Å². The van der Waals surface area contributed by atoms with Crippen molar-refractivity contribution in [3.8, 4) is 23.0 Å². The van der Waals surface area contributed by atoms with Gasteiger partial charge in [0, 0.05) is 0 Å². The number of carbonyl (C=O) groups is 1. The fourth-order valence-electron chi connectivity index (χ4n) is 3.09. The van der Waals surface area contributed by atoms with Gasteiger partial charge in [0.25, 0.3) is 0 Å². The highest BCUT2D eigenvalue weighted by atomic mass is 32.2. The summed E-state index contributed by atoms with van der Waals surface area (Å²) in [7, 11) is -0.766. The molecule has 3 rings (SSSR count). The largest absolute Gasteiger partial charge is 0.496 e. The molecule has 1 aliphatic rings. The maximum Gasteiger partial charge on any atom is 0.306 e. The van der Waals surface area contributed by atoms with E-state index in [0.29, 0.717) is 28.2 Å². The van der Waals surface area contributed by atoms with Crippen molar-refractivity contribution in [3.63, 3.8) is 0 Å². The Labute approximate surface area is 182 Å². The van der Waals surface area contributed by atoms with Crippen molar-refractivity contribution in [1.29, 1.82) is 0 Å². The SMILES string of the molecule is COc1ccc(C=CC(=O)c2ccc(OC)c3c2OC(C)(C)C=C3)cc1OS(C)(=O)=O. The minimum Gasteiger partial charge on any atom is -0.496 e. The lowest BCUT2D eigenvalue weighted by Gasteiger charge is -2.29. The van der Waals surface area contributed by atoms with Crippen molar-refractivity contribution >= 4 is 28.1 Å². The first-order valence-electron chi connectivity index (χ1n) is 9.42. The summed E-state index contributed by atoms with van der Waals surface area (Å²) in [5.74, 6) is 1.10. The summed E-state index contributed by atoms with van der Waals surface area (Å²) in [6.07, 6.45) is 7.69. The Morgan fingerprint density at radius 2 is 1.71 bits per heavy atom. The van der Waals surface area contributed by atoms with Gasteiger partial charge in [0.15, 0.2) is 17.3 Å². The molecule has 0 N–H and O–H groups in total. The van der Waals surface area contributed by atoms with Crippen LogP contribution in [0.15, 0.2) is 42.5 Å². The molecule has 0 fully saturated rings. The van der Waals surface area contributed by atoms with Crippen molar-refractivity contribution in [2.24, 2.45) is 0 Å². The zero-order chi connectivity index (χ0) is 22.8. The molecule has 7 nitrogen and oxygen atoms in total. The van der Waals surface area contributed by atoms with Crippen molar-refractivity contribution in [1.82, 2.24) is 0 Å². The van der Waals surface area contributed by atoms with Crippen molar-refractivity contribution in [2.45, 2.75) is 19.4 Å². The summed E-state index contributed by atoms with van der Waals surface area (Å²) in [4.78, 5) is 13.0. The van der Waals surface area contributed by atoms with Crippen LogP contribution in [0.25, 0.3) is 12.2 Å². The predicted molar refractivity (Wildman–Crippen MR) is 119 cm³/mol. The molecule has 2 aromatic carbocycles. The molecular formula is C23H24O7S. The lowest BCUT2D eigenvalue weighted by atomic mass is 9.97. The molecule has 0 aliphatic carbocycles. The lowest BCUT2D eigenvalue weighted by molar-refractivity contribution is 0.103. The Morgan fingerprint density at radius 1 is 1.03 bits per heavy atom. The smallest absolute Gasteiger partial charge is 0.306 e. The molecule has 2 aromatic rings. The van der Waals surface area contributed by atoms with E-state index in [1.54, 1.807) is 37.5 Å². The molecule has 0 unspecified atom stereocenters. The number of methoxy groups -OCH3 is 2. The van der Waals surface area contributed by atoms with Gasteiger partial charge in [-0.15, -0.1) is 0 Å². The van der Waals surface area contributed by atoms with Crippen LogP contribution in [0.5, 0.6) is 23.0 Å². The monoisotopic (exact) mass is 444 g/mol. The maximum absolute atomic E-state index is 13.0. The van der Waals surface area contributed by atoms with E-state index in [-0.39, 0.29) is 17.3 Å². The first-order chi connectivity index (χ1) is 14.5. The fraction of sp³-hybridized carbons (Fsp3) is 0.261. The van der Waals surface area contributed by atoms with Crippen molar-refractivity contribution in [3.05, 3.63) is 59.2 Å². The van der Waals surface area contributed by atoms with Gasteiger partial charge in [-0.2, -0.15) is 8.42 Å². The molecule has 31 heavy (non-hydrogen) atoms. The number of hydrogen-bond acceptors (Lipinski definition) is 7. The van der Waals surface area contributed by atoms with E-state index < -0.39 is 15.7 Å². The van der Waals surface area contributed by atoms with Gasteiger partial charge in [-0.1, -0.05) is 12.1 Å². The number of allylic oxidation sites excluding steroid dienone is 1. The third kappa shape index (κ3) is 5.27. The van der Waals surface area contributed by atoms with Gasteiger partial charge < -0.3 is 18.4 Å². The van der Waals surface area contributed by atoms with E-state index in [9.17, 15) is 13.2 Å². The van der Waals surface area contributed by atoms with E-state index in [0.717, 1.165) is 6.26 Å². The van der Waals surface area contributed by atoms with E-state index in [1.165, 1.54) is 19.3 Å². The third-order valence-corrected chi connectivity index (χ3v) is 5.00. The molecule has 0 bridgehead atoms. The Bertz CT molecular complexity index is 1170. The molecule has 0 amide bonds. The lowest BCUT2D eigenvalue weighted by Crippen LogP contribution is -2.28. The topological polar surface area (TPSA) is 88.1 Å². The van der Waals surface area contributed by atoms with Crippen LogP contribution in [-0.2, 0) is 10.1 Å². The Hall–Kier alpha value is -3.26. The number of ketones is 1. The maximum atomic E-state index is 13.0. The molecule has 8 heteroatoms. The van der Waals surface area contributed by atoms with Crippen molar-refractivity contribution < 1.29 is 31.6 Å². The van der Waals surface area contributed by atoms with Gasteiger partial charge in [0.05, 0.1) is 31.6 Å². The summed E-state index contributed by atoms with van der Waals surface area (Å²) in [6, 6.07) is 8.11. The summed E-state index contributed by atoms with van der Waals surface area (Å²) in [5, 5.41) is 0. The van der Waals surface area contributed by atoms with Crippen LogP contribution in [-0.4, -0.2) is 40.3 Å². The molecule has 0 radical (unpaired) electrons. The minimum absolute atomic E-state index is 0.0386. The second-order valence-electron chi connectivity index (χ2n) is 7.49. The molecule has 0 saturated heterocycles. The number of hydrogen-bond donors (Lipinski definition) is 0. The Morgan fingerprint density at radius 3 is 2.35 bits per heavy atom. The molecule has 0 aromatic heterocycles. The quantitative estimate of drug-likeness (QED) is 0.361. The van der Waals surface area contributed by atoms with Crippen LogP contribution in [0.4, 0.5) is 0 Å². The standard InChI is InChI=1S/C23H24O7S/c1-23(2)13-12-17-19(27-3)11-8-16(22(17)29-23)18(24)9-6-15-7-10-20(28-4)21(14-15)30-31(5,25)26/h6-14H,1-5H3. The molecule has 0 atom stereocenters. The average Bonchev–Trinajstić information content (AvgIpc) is 2.69. The third-order valence-electron chi connectivity index (χ3n) is 4.51. The Balaban J connectivity index is 1.94. The first-order valence-corrected chi connectivity index (χ1v) is 11.2. The zero-order valence-electron chi connectivity index (χ0n) is 18.0. The average molecular weight is 445 g/mol. The van der Waals surface area contributed by atoms with E-state index in [1.807, 2.05) is 26.0 Å². The van der Waals surface area contributed by atoms with E-state index >= 15 is 0 Å². The van der Waals surface area contributed by atoms with Gasteiger partial charge >= 0.3 is 10.1 Å².